The van der Waals surface area contributed by atoms with Crippen molar-refractivity contribution in [1.82, 2.24) is 0 Å². The van der Waals surface area contributed by atoms with Crippen molar-refractivity contribution in [2.24, 2.45) is 0 Å². The van der Waals surface area contributed by atoms with E-state index < -0.39 is 39.4 Å². The van der Waals surface area contributed by atoms with Gasteiger partial charge in [-0.05, 0) is 12.1 Å². The van der Waals surface area contributed by atoms with E-state index in [0.717, 1.165) is 12.1 Å². The fourth-order valence-electron chi connectivity index (χ4n) is 1.20. The SMILES string of the molecule is Nc1ccc(C(=O)O)c(C(=O)O)c1[N+](=O)[O-]. The molecule has 1 aromatic rings. The van der Waals surface area contributed by atoms with E-state index in [1.165, 1.54) is 0 Å². The van der Waals surface area contributed by atoms with Gasteiger partial charge in [0, 0.05) is 0 Å². The number of carboxylic acids is 2. The van der Waals surface area contributed by atoms with Crippen LogP contribution in [0.3, 0.4) is 0 Å². The van der Waals surface area contributed by atoms with Crippen LogP contribution >= 0.6 is 0 Å². The quantitative estimate of drug-likeness (QED) is 0.388. The number of nitro benzene ring substituents is 1. The van der Waals surface area contributed by atoms with Crippen molar-refractivity contribution in [2.75, 3.05) is 5.73 Å². The van der Waals surface area contributed by atoms with Gasteiger partial charge in [0.25, 0.3) is 0 Å². The van der Waals surface area contributed by atoms with Crippen LogP contribution in [0, 0.1) is 10.1 Å². The first-order chi connectivity index (χ1) is 7.36. The third kappa shape index (κ3) is 1.75. The number of nitrogens with two attached hydrogens (primary N) is 1. The number of benzene rings is 1. The van der Waals surface area contributed by atoms with Crippen molar-refractivity contribution < 1.29 is 24.7 Å². The molecular weight excluding hydrogens is 220 g/mol. The minimum absolute atomic E-state index is 0.396. The Morgan fingerprint density at radius 3 is 2.19 bits per heavy atom. The van der Waals surface area contributed by atoms with Gasteiger partial charge in [-0.25, -0.2) is 9.59 Å². The van der Waals surface area contributed by atoms with E-state index in [0.29, 0.717) is 0 Å². The molecule has 0 aliphatic rings. The van der Waals surface area contributed by atoms with Gasteiger partial charge in [0.15, 0.2) is 5.56 Å². The number of hydrogen-bond donors (Lipinski definition) is 3. The van der Waals surface area contributed by atoms with Crippen molar-refractivity contribution in [3.63, 3.8) is 0 Å². The third-order valence-corrected chi connectivity index (χ3v) is 1.84. The molecule has 0 aromatic heterocycles. The molecule has 0 unspecified atom stereocenters. The highest BCUT2D eigenvalue weighted by molar-refractivity contribution is 6.06. The molecule has 0 saturated carbocycles. The summed E-state index contributed by atoms with van der Waals surface area (Å²) in [5.41, 5.74) is 2.33. The second-order valence-corrected chi connectivity index (χ2v) is 2.79. The smallest absolute Gasteiger partial charge is 0.343 e. The average molecular weight is 226 g/mol. The molecule has 0 heterocycles. The first kappa shape index (κ1) is 11.4. The zero-order valence-corrected chi connectivity index (χ0v) is 7.71. The Morgan fingerprint density at radius 2 is 1.81 bits per heavy atom. The molecule has 8 heteroatoms. The zero-order valence-electron chi connectivity index (χ0n) is 7.71. The summed E-state index contributed by atoms with van der Waals surface area (Å²) in [5, 5.41) is 28.0. The lowest BCUT2D eigenvalue weighted by atomic mass is 10.0. The molecule has 0 fully saturated rings. The maximum absolute atomic E-state index is 10.8. The third-order valence-electron chi connectivity index (χ3n) is 1.84. The van der Waals surface area contributed by atoms with E-state index >= 15 is 0 Å². The molecule has 1 rings (SSSR count). The number of nitro groups is 1. The van der Waals surface area contributed by atoms with Crippen LogP contribution in [-0.4, -0.2) is 27.1 Å². The number of hydrogen-bond acceptors (Lipinski definition) is 5. The number of aromatic carboxylic acids is 2. The Kier molecular flexibility index (Phi) is 2.75. The van der Waals surface area contributed by atoms with Crippen molar-refractivity contribution in [2.45, 2.75) is 0 Å². The van der Waals surface area contributed by atoms with E-state index in [4.69, 9.17) is 15.9 Å². The molecule has 8 nitrogen and oxygen atoms in total. The monoisotopic (exact) mass is 226 g/mol. The van der Waals surface area contributed by atoms with Crippen LogP contribution < -0.4 is 5.73 Å². The Labute approximate surface area is 88.1 Å². The highest BCUT2D eigenvalue weighted by Gasteiger charge is 2.29. The molecule has 0 amide bonds. The van der Waals surface area contributed by atoms with Gasteiger partial charge in [0.2, 0.25) is 0 Å². The fourth-order valence-corrected chi connectivity index (χ4v) is 1.20. The summed E-state index contributed by atoms with van der Waals surface area (Å²) in [5.74, 6) is -3.28. The number of carboxylic acid groups (broad SMARTS) is 2. The van der Waals surface area contributed by atoms with Gasteiger partial charge in [-0.15, -0.1) is 0 Å². The first-order valence-corrected chi connectivity index (χ1v) is 3.89. The molecule has 0 spiro atoms. The highest BCUT2D eigenvalue weighted by atomic mass is 16.6. The molecule has 0 atom stereocenters. The predicted octanol–water partition coefficient (Wildman–Crippen LogP) is 0.573. The van der Waals surface area contributed by atoms with E-state index in [2.05, 4.69) is 0 Å². The number of nitrogen functional groups attached to an aromatic ring is 1. The van der Waals surface area contributed by atoms with Gasteiger partial charge in [-0.3, -0.25) is 10.1 Å². The molecule has 16 heavy (non-hydrogen) atoms. The Morgan fingerprint density at radius 1 is 1.25 bits per heavy atom. The van der Waals surface area contributed by atoms with Crippen molar-refractivity contribution >= 4 is 23.3 Å². The number of nitrogens with zero attached hydrogens (tertiary/aromatic N) is 1. The maximum Gasteiger partial charge on any atom is 0.343 e. The fraction of sp³-hybridized carbons (Fsp3) is 0. The van der Waals surface area contributed by atoms with E-state index in [1.54, 1.807) is 0 Å². The topological polar surface area (TPSA) is 144 Å². The van der Waals surface area contributed by atoms with Crippen LogP contribution in [-0.2, 0) is 0 Å². The van der Waals surface area contributed by atoms with Crippen LogP contribution in [0.25, 0.3) is 0 Å². The molecular formula is C8H6N2O6. The summed E-state index contributed by atoms with van der Waals surface area (Å²) in [6, 6.07) is 1.89. The Bertz CT molecular complexity index is 496. The van der Waals surface area contributed by atoms with Crippen LogP contribution in [0.5, 0.6) is 0 Å². The standard InChI is InChI=1S/C8H6N2O6/c9-4-2-1-3(7(11)12)5(8(13)14)6(4)10(15)16/h1-2H,9H2,(H,11,12)(H,13,14). The van der Waals surface area contributed by atoms with Crippen LogP contribution in [0.2, 0.25) is 0 Å². The van der Waals surface area contributed by atoms with Gasteiger partial charge in [-0.2, -0.15) is 0 Å². The van der Waals surface area contributed by atoms with Gasteiger partial charge in [0.05, 0.1) is 10.5 Å². The first-order valence-electron chi connectivity index (χ1n) is 3.89. The molecule has 84 valence electrons. The largest absolute Gasteiger partial charge is 0.478 e. The van der Waals surface area contributed by atoms with E-state index in [1.807, 2.05) is 0 Å². The molecule has 0 saturated heterocycles. The van der Waals surface area contributed by atoms with Crippen LogP contribution in [0.15, 0.2) is 12.1 Å². The predicted molar refractivity (Wildman–Crippen MR) is 51.4 cm³/mol. The molecule has 0 aliphatic carbocycles. The highest BCUT2D eigenvalue weighted by Crippen LogP contribution is 2.29. The average Bonchev–Trinajstić information content (AvgIpc) is 2.15. The number of rotatable bonds is 3. The van der Waals surface area contributed by atoms with E-state index in [-0.39, 0.29) is 0 Å². The molecule has 0 bridgehead atoms. The number of carbonyl (C=O) groups is 2. The summed E-state index contributed by atoms with van der Waals surface area (Å²) in [4.78, 5) is 31.0. The van der Waals surface area contributed by atoms with Gasteiger partial charge in [-0.1, -0.05) is 0 Å². The van der Waals surface area contributed by atoms with Gasteiger partial charge >= 0.3 is 17.6 Å². The normalized spacial score (nSPS) is 9.75. The molecule has 4 N–H and O–H groups in total. The Balaban J connectivity index is 3.70. The second-order valence-electron chi connectivity index (χ2n) is 2.79. The van der Waals surface area contributed by atoms with Crippen LogP contribution in [0.1, 0.15) is 20.7 Å². The van der Waals surface area contributed by atoms with Gasteiger partial charge in [0.1, 0.15) is 5.69 Å². The summed E-state index contributed by atoms with van der Waals surface area (Å²) in [6.07, 6.45) is 0. The van der Waals surface area contributed by atoms with Crippen molar-refractivity contribution in [3.05, 3.63) is 33.4 Å². The lowest BCUT2D eigenvalue weighted by Crippen LogP contribution is -2.12. The van der Waals surface area contributed by atoms with Crippen molar-refractivity contribution in [1.29, 1.82) is 0 Å². The molecule has 1 aromatic carbocycles. The van der Waals surface area contributed by atoms with Crippen molar-refractivity contribution in [3.8, 4) is 0 Å². The summed E-state index contributed by atoms with van der Waals surface area (Å²) >= 11 is 0. The van der Waals surface area contributed by atoms with E-state index in [9.17, 15) is 19.7 Å². The molecule has 0 radical (unpaired) electrons. The Hall–Kier alpha value is -2.64. The summed E-state index contributed by atoms with van der Waals surface area (Å²) in [6.45, 7) is 0. The summed E-state index contributed by atoms with van der Waals surface area (Å²) < 4.78 is 0. The summed E-state index contributed by atoms with van der Waals surface area (Å²) in [7, 11) is 0. The second kappa shape index (κ2) is 3.85. The van der Waals surface area contributed by atoms with Crippen LogP contribution in [0.4, 0.5) is 11.4 Å². The minimum Gasteiger partial charge on any atom is -0.478 e. The minimum atomic E-state index is -1.71. The molecule has 0 aliphatic heterocycles. The maximum atomic E-state index is 10.8. The van der Waals surface area contributed by atoms with Gasteiger partial charge < -0.3 is 15.9 Å². The number of anilines is 1. The zero-order chi connectivity index (χ0) is 12.5. The lowest BCUT2D eigenvalue weighted by Gasteiger charge is -2.04. The lowest BCUT2D eigenvalue weighted by molar-refractivity contribution is -0.384.